The van der Waals surface area contributed by atoms with Gasteiger partial charge in [0.1, 0.15) is 0 Å². The molecule has 1 saturated heterocycles. The van der Waals surface area contributed by atoms with E-state index in [-0.39, 0.29) is 15.9 Å². The number of nitrogens with zero attached hydrogens (tertiary/aromatic N) is 1. The Morgan fingerprint density at radius 2 is 1.82 bits per heavy atom. The summed E-state index contributed by atoms with van der Waals surface area (Å²) in [4.78, 5) is 13.1. The molecule has 106 valence electrons. The maximum atomic E-state index is 10.8. The minimum Gasteiger partial charge on any atom is -0.341 e. The van der Waals surface area contributed by atoms with E-state index in [1.54, 1.807) is 7.05 Å². The highest BCUT2D eigenvalue weighted by atomic mass is 31.0. The SMILES string of the molecule is CC.CC.CNC(=O)NCC1CCN(C)C1.P. The summed E-state index contributed by atoms with van der Waals surface area (Å²) >= 11 is 0. The predicted octanol–water partition coefficient (Wildman–Crippen LogP) is 1.98. The summed E-state index contributed by atoms with van der Waals surface area (Å²) in [6.45, 7) is 11.0. The van der Waals surface area contributed by atoms with Crippen LogP contribution in [0.3, 0.4) is 0 Å². The first-order chi connectivity index (χ1) is 7.72. The average molecular weight is 265 g/mol. The van der Waals surface area contributed by atoms with Crippen LogP contribution in [0.2, 0.25) is 0 Å². The van der Waals surface area contributed by atoms with Crippen LogP contribution in [0.5, 0.6) is 0 Å². The third-order valence-electron chi connectivity index (χ3n) is 2.27. The Morgan fingerprint density at radius 3 is 2.18 bits per heavy atom. The molecule has 2 unspecified atom stereocenters. The molecule has 1 aliphatic rings. The molecule has 0 aromatic carbocycles. The van der Waals surface area contributed by atoms with Gasteiger partial charge in [-0.2, -0.15) is 9.90 Å². The first kappa shape index (κ1) is 21.9. The fourth-order valence-corrected chi connectivity index (χ4v) is 1.52. The number of carbonyl (C=O) groups is 1. The molecule has 4 nitrogen and oxygen atoms in total. The number of urea groups is 1. The molecule has 2 amide bonds. The molecule has 2 atom stereocenters. The lowest BCUT2D eigenvalue weighted by Crippen LogP contribution is -2.36. The second-order valence-electron chi connectivity index (χ2n) is 3.38. The summed E-state index contributed by atoms with van der Waals surface area (Å²) in [5.74, 6) is 0.632. The van der Waals surface area contributed by atoms with Crippen molar-refractivity contribution in [2.45, 2.75) is 34.1 Å². The van der Waals surface area contributed by atoms with E-state index in [0.717, 1.165) is 19.6 Å². The van der Waals surface area contributed by atoms with Crippen molar-refractivity contribution >= 4 is 15.9 Å². The molecule has 0 aromatic rings. The fourth-order valence-electron chi connectivity index (χ4n) is 1.52. The molecule has 1 rings (SSSR count). The van der Waals surface area contributed by atoms with Crippen LogP contribution in [0.4, 0.5) is 4.79 Å². The van der Waals surface area contributed by atoms with E-state index in [1.165, 1.54) is 6.42 Å². The van der Waals surface area contributed by atoms with Gasteiger partial charge in [0, 0.05) is 20.1 Å². The molecule has 0 bridgehead atoms. The molecule has 5 heteroatoms. The van der Waals surface area contributed by atoms with Crippen molar-refractivity contribution in [1.82, 2.24) is 15.5 Å². The van der Waals surface area contributed by atoms with E-state index in [1.807, 2.05) is 27.7 Å². The van der Waals surface area contributed by atoms with E-state index in [2.05, 4.69) is 22.6 Å². The highest BCUT2D eigenvalue weighted by molar-refractivity contribution is 6.92. The van der Waals surface area contributed by atoms with Crippen LogP contribution < -0.4 is 10.6 Å². The van der Waals surface area contributed by atoms with E-state index >= 15 is 0 Å². The minimum absolute atomic E-state index is 0. The molecule has 0 spiro atoms. The fraction of sp³-hybridized carbons (Fsp3) is 0.917. The number of rotatable bonds is 2. The average Bonchev–Trinajstić information content (AvgIpc) is 2.77. The lowest BCUT2D eigenvalue weighted by Gasteiger charge is -2.10. The maximum Gasteiger partial charge on any atom is 0.314 e. The predicted molar refractivity (Wildman–Crippen MR) is 81.9 cm³/mol. The van der Waals surface area contributed by atoms with Crippen molar-refractivity contribution < 1.29 is 4.79 Å². The Bertz CT molecular complexity index is 168. The molecular weight excluding hydrogens is 233 g/mol. The van der Waals surface area contributed by atoms with Gasteiger partial charge in [0.25, 0.3) is 0 Å². The van der Waals surface area contributed by atoms with Crippen LogP contribution >= 0.6 is 9.90 Å². The van der Waals surface area contributed by atoms with Gasteiger partial charge >= 0.3 is 6.03 Å². The third kappa shape index (κ3) is 11.9. The molecule has 0 aliphatic carbocycles. The van der Waals surface area contributed by atoms with E-state index < -0.39 is 0 Å². The van der Waals surface area contributed by atoms with Crippen molar-refractivity contribution in [2.24, 2.45) is 5.92 Å². The molecular formula is C12H32N3OP. The normalized spacial score (nSPS) is 17.6. The van der Waals surface area contributed by atoms with Crippen LogP contribution in [0, 0.1) is 5.92 Å². The number of hydrogen-bond donors (Lipinski definition) is 2. The van der Waals surface area contributed by atoms with Crippen LogP contribution in [-0.2, 0) is 0 Å². The highest BCUT2D eigenvalue weighted by Crippen LogP contribution is 2.12. The zero-order chi connectivity index (χ0) is 13.0. The Hall–Kier alpha value is -0.340. The van der Waals surface area contributed by atoms with Crippen LogP contribution in [0.1, 0.15) is 34.1 Å². The monoisotopic (exact) mass is 265 g/mol. The summed E-state index contributed by atoms with van der Waals surface area (Å²) in [6.07, 6.45) is 1.19. The van der Waals surface area contributed by atoms with Crippen molar-refractivity contribution in [3.05, 3.63) is 0 Å². The van der Waals surface area contributed by atoms with Crippen LogP contribution in [-0.4, -0.2) is 44.7 Å². The first-order valence-corrected chi connectivity index (χ1v) is 6.36. The lowest BCUT2D eigenvalue weighted by molar-refractivity contribution is 0.241. The van der Waals surface area contributed by atoms with E-state index in [9.17, 15) is 4.79 Å². The smallest absolute Gasteiger partial charge is 0.314 e. The molecule has 17 heavy (non-hydrogen) atoms. The Labute approximate surface area is 111 Å². The maximum absolute atomic E-state index is 10.8. The summed E-state index contributed by atoms with van der Waals surface area (Å²) in [5, 5.41) is 5.35. The Morgan fingerprint density at radius 1 is 1.29 bits per heavy atom. The molecule has 1 heterocycles. The highest BCUT2D eigenvalue weighted by Gasteiger charge is 2.19. The summed E-state index contributed by atoms with van der Waals surface area (Å²) in [5.41, 5.74) is 0. The number of amides is 2. The molecule has 1 aliphatic heterocycles. The minimum atomic E-state index is -0.0791. The van der Waals surface area contributed by atoms with Crippen molar-refractivity contribution in [3.8, 4) is 0 Å². The standard InChI is InChI=1S/C8H17N3O.2C2H6.H3P/c1-9-8(12)10-5-7-3-4-11(2)6-7;2*1-2;/h7H,3-6H2,1-2H3,(H2,9,10,12);2*1-2H3;1H3. The number of nitrogens with one attached hydrogen (secondary N) is 2. The topological polar surface area (TPSA) is 44.4 Å². The first-order valence-electron chi connectivity index (χ1n) is 6.36. The number of carbonyl (C=O) groups excluding carboxylic acids is 1. The summed E-state index contributed by atoms with van der Waals surface area (Å²) in [7, 11) is 3.75. The quantitative estimate of drug-likeness (QED) is 0.750. The van der Waals surface area contributed by atoms with Crippen molar-refractivity contribution in [1.29, 1.82) is 0 Å². The number of likely N-dealkylation sites (tertiary alicyclic amines) is 1. The van der Waals surface area contributed by atoms with Gasteiger partial charge in [-0.1, -0.05) is 27.7 Å². The second kappa shape index (κ2) is 15.7. The van der Waals surface area contributed by atoms with Gasteiger partial charge in [-0.25, -0.2) is 4.79 Å². The second-order valence-corrected chi connectivity index (χ2v) is 3.38. The zero-order valence-electron chi connectivity index (χ0n) is 12.5. The Kier molecular flexibility index (Phi) is 20.2. The van der Waals surface area contributed by atoms with Gasteiger partial charge in [-0.3, -0.25) is 0 Å². The summed E-state index contributed by atoms with van der Waals surface area (Å²) in [6, 6.07) is -0.0791. The van der Waals surface area contributed by atoms with E-state index in [0.29, 0.717) is 5.92 Å². The van der Waals surface area contributed by atoms with Crippen molar-refractivity contribution in [3.63, 3.8) is 0 Å². The van der Waals surface area contributed by atoms with Gasteiger partial charge in [0.05, 0.1) is 0 Å². The third-order valence-corrected chi connectivity index (χ3v) is 2.27. The van der Waals surface area contributed by atoms with Gasteiger partial charge in [0.15, 0.2) is 0 Å². The van der Waals surface area contributed by atoms with Crippen LogP contribution in [0.15, 0.2) is 0 Å². The molecule has 1 fully saturated rings. The van der Waals surface area contributed by atoms with Gasteiger partial charge < -0.3 is 15.5 Å². The largest absolute Gasteiger partial charge is 0.341 e. The molecule has 2 N–H and O–H groups in total. The molecule has 0 aromatic heterocycles. The number of hydrogen-bond acceptors (Lipinski definition) is 2. The van der Waals surface area contributed by atoms with Crippen molar-refractivity contribution in [2.75, 3.05) is 33.7 Å². The van der Waals surface area contributed by atoms with Gasteiger partial charge in [-0.05, 0) is 25.9 Å². The molecule has 0 radical (unpaired) electrons. The van der Waals surface area contributed by atoms with Gasteiger partial charge in [0.2, 0.25) is 0 Å². The molecule has 0 saturated carbocycles. The van der Waals surface area contributed by atoms with E-state index in [4.69, 9.17) is 0 Å². The Balaban J connectivity index is -0.000000355. The van der Waals surface area contributed by atoms with Crippen LogP contribution in [0.25, 0.3) is 0 Å². The van der Waals surface area contributed by atoms with Gasteiger partial charge in [-0.15, -0.1) is 0 Å². The lowest BCUT2D eigenvalue weighted by atomic mass is 10.1. The summed E-state index contributed by atoms with van der Waals surface area (Å²) < 4.78 is 0. The zero-order valence-corrected chi connectivity index (χ0v) is 13.9.